The minimum absolute atomic E-state index is 0.840. The van der Waals surface area contributed by atoms with Crippen molar-refractivity contribution < 1.29 is 0 Å². The fraction of sp³-hybridized carbons (Fsp3) is 0.412. The number of para-hydroxylation sites is 1. The molecule has 2 aliphatic rings. The SMILES string of the molecule is CN1CCCN(C2=Nc3ccccc3Cn3ccnc32)CC1. The van der Waals surface area contributed by atoms with Crippen LogP contribution in [-0.2, 0) is 6.54 Å². The number of aromatic nitrogens is 2. The van der Waals surface area contributed by atoms with Gasteiger partial charge in [0.25, 0.3) is 0 Å². The molecule has 0 unspecified atom stereocenters. The largest absolute Gasteiger partial charge is 0.352 e. The maximum Gasteiger partial charge on any atom is 0.176 e. The van der Waals surface area contributed by atoms with Gasteiger partial charge in [0.05, 0.1) is 12.2 Å². The Hall–Kier alpha value is -2.14. The average molecular weight is 295 g/mol. The summed E-state index contributed by atoms with van der Waals surface area (Å²) in [5.74, 6) is 2.01. The zero-order valence-electron chi connectivity index (χ0n) is 12.9. The number of hydrogen-bond acceptors (Lipinski definition) is 4. The zero-order valence-corrected chi connectivity index (χ0v) is 12.9. The summed E-state index contributed by atoms with van der Waals surface area (Å²) < 4.78 is 2.21. The Balaban J connectivity index is 1.78. The van der Waals surface area contributed by atoms with E-state index in [1.165, 1.54) is 5.56 Å². The van der Waals surface area contributed by atoms with Crippen molar-refractivity contribution in [2.24, 2.45) is 4.99 Å². The maximum absolute atomic E-state index is 4.98. The van der Waals surface area contributed by atoms with Gasteiger partial charge in [0.15, 0.2) is 11.7 Å². The second-order valence-electron chi connectivity index (χ2n) is 6.09. The Labute approximate surface area is 130 Å². The zero-order chi connectivity index (χ0) is 14.9. The Bertz CT molecular complexity index is 703. The summed E-state index contributed by atoms with van der Waals surface area (Å²) in [6.45, 7) is 5.10. The molecule has 0 radical (unpaired) electrons. The predicted molar refractivity (Wildman–Crippen MR) is 87.7 cm³/mol. The standard InChI is InChI=1S/C17H21N5/c1-20-8-4-9-21(12-11-20)17-16-18-7-10-22(16)13-14-5-2-3-6-15(14)19-17/h2-3,5-7,10H,4,8-9,11-13H2,1H3. The fourth-order valence-corrected chi connectivity index (χ4v) is 3.21. The number of benzene rings is 1. The van der Waals surface area contributed by atoms with Gasteiger partial charge in [0.2, 0.25) is 0 Å². The minimum Gasteiger partial charge on any atom is -0.352 e. The van der Waals surface area contributed by atoms with E-state index in [0.717, 1.165) is 56.5 Å². The van der Waals surface area contributed by atoms with E-state index in [-0.39, 0.29) is 0 Å². The van der Waals surface area contributed by atoms with Crippen LogP contribution in [0.2, 0.25) is 0 Å². The first-order valence-electron chi connectivity index (χ1n) is 7.93. The topological polar surface area (TPSA) is 36.7 Å². The number of imidazole rings is 1. The molecule has 5 heteroatoms. The van der Waals surface area contributed by atoms with Crippen LogP contribution in [-0.4, -0.2) is 58.4 Å². The van der Waals surface area contributed by atoms with Crippen LogP contribution >= 0.6 is 0 Å². The van der Waals surface area contributed by atoms with Gasteiger partial charge in [-0.2, -0.15) is 0 Å². The molecular weight excluding hydrogens is 274 g/mol. The highest BCUT2D eigenvalue weighted by Gasteiger charge is 2.23. The van der Waals surface area contributed by atoms with Crippen LogP contribution in [0.15, 0.2) is 41.7 Å². The van der Waals surface area contributed by atoms with E-state index in [1.807, 2.05) is 6.20 Å². The number of amidine groups is 1. The molecule has 2 aliphatic heterocycles. The third kappa shape index (κ3) is 2.41. The van der Waals surface area contributed by atoms with Gasteiger partial charge < -0.3 is 14.4 Å². The lowest BCUT2D eigenvalue weighted by atomic mass is 10.2. The van der Waals surface area contributed by atoms with E-state index >= 15 is 0 Å². The van der Waals surface area contributed by atoms with Crippen molar-refractivity contribution in [2.45, 2.75) is 13.0 Å². The summed E-state index contributed by atoms with van der Waals surface area (Å²) in [4.78, 5) is 14.3. The van der Waals surface area contributed by atoms with E-state index in [1.54, 1.807) is 0 Å². The van der Waals surface area contributed by atoms with Crippen molar-refractivity contribution in [2.75, 3.05) is 33.2 Å². The van der Waals surface area contributed by atoms with Gasteiger partial charge >= 0.3 is 0 Å². The van der Waals surface area contributed by atoms with Gasteiger partial charge in [-0.25, -0.2) is 9.98 Å². The number of likely N-dealkylation sites (N-methyl/N-ethyl adjacent to an activating group) is 1. The molecule has 0 spiro atoms. The Morgan fingerprint density at radius 2 is 1.95 bits per heavy atom. The summed E-state index contributed by atoms with van der Waals surface area (Å²) in [5.41, 5.74) is 2.32. The minimum atomic E-state index is 0.840. The van der Waals surface area contributed by atoms with Crippen LogP contribution in [0, 0.1) is 0 Å². The lowest BCUT2D eigenvalue weighted by Gasteiger charge is -2.23. The van der Waals surface area contributed by atoms with E-state index in [0.29, 0.717) is 0 Å². The fourth-order valence-electron chi connectivity index (χ4n) is 3.21. The summed E-state index contributed by atoms with van der Waals surface area (Å²) in [6.07, 6.45) is 5.09. The molecule has 1 aromatic carbocycles. The molecule has 0 aliphatic carbocycles. The molecule has 1 saturated heterocycles. The molecule has 0 N–H and O–H groups in total. The van der Waals surface area contributed by atoms with Crippen LogP contribution in [0.1, 0.15) is 17.8 Å². The summed E-state index contributed by atoms with van der Waals surface area (Å²) in [5, 5.41) is 0. The van der Waals surface area contributed by atoms with E-state index in [2.05, 4.69) is 56.9 Å². The molecule has 5 nitrogen and oxygen atoms in total. The first-order valence-corrected chi connectivity index (χ1v) is 7.93. The highest BCUT2D eigenvalue weighted by atomic mass is 15.3. The third-order valence-corrected chi connectivity index (χ3v) is 4.49. The van der Waals surface area contributed by atoms with Crippen molar-refractivity contribution >= 4 is 11.5 Å². The Morgan fingerprint density at radius 1 is 1.05 bits per heavy atom. The first-order chi connectivity index (χ1) is 10.8. The van der Waals surface area contributed by atoms with Crippen molar-refractivity contribution in [1.82, 2.24) is 19.4 Å². The molecule has 2 aromatic rings. The number of aliphatic imine (C=N–C) groups is 1. The number of fused-ring (bicyclic) bond motifs is 2. The molecule has 0 atom stereocenters. The number of rotatable bonds is 0. The van der Waals surface area contributed by atoms with Crippen LogP contribution in [0.4, 0.5) is 5.69 Å². The third-order valence-electron chi connectivity index (χ3n) is 4.49. The molecule has 3 heterocycles. The van der Waals surface area contributed by atoms with Gasteiger partial charge in [-0.3, -0.25) is 0 Å². The van der Waals surface area contributed by atoms with E-state index in [4.69, 9.17) is 4.99 Å². The van der Waals surface area contributed by atoms with E-state index in [9.17, 15) is 0 Å². The second-order valence-corrected chi connectivity index (χ2v) is 6.09. The van der Waals surface area contributed by atoms with Crippen molar-refractivity contribution in [1.29, 1.82) is 0 Å². The summed E-state index contributed by atoms with van der Waals surface area (Å²) in [6, 6.07) is 8.40. The Kier molecular flexibility index (Phi) is 3.42. The number of nitrogens with zero attached hydrogens (tertiary/aromatic N) is 5. The second kappa shape index (κ2) is 5.57. The summed E-state index contributed by atoms with van der Waals surface area (Å²) in [7, 11) is 2.19. The van der Waals surface area contributed by atoms with Gasteiger partial charge in [-0.15, -0.1) is 0 Å². The van der Waals surface area contributed by atoms with Crippen LogP contribution < -0.4 is 0 Å². The monoisotopic (exact) mass is 295 g/mol. The molecule has 1 aromatic heterocycles. The molecule has 0 amide bonds. The smallest absolute Gasteiger partial charge is 0.176 e. The van der Waals surface area contributed by atoms with Crippen LogP contribution in [0.5, 0.6) is 0 Å². The van der Waals surface area contributed by atoms with Gasteiger partial charge in [-0.1, -0.05) is 18.2 Å². The molecular formula is C17H21N5. The molecule has 114 valence electrons. The number of hydrogen-bond donors (Lipinski definition) is 0. The average Bonchev–Trinajstić information content (AvgIpc) is 2.78. The van der Waals surface area contributed by atoms with Crippen LogP contribution in [0.25, 0.3) is 0 Å². The maximum atomic E-state index is 4.98. The molecule has 0 bridgehead atoms. The molecule has 4 rings (SSSR count). The van der Waals surface area contributed by atoms with Gasteiger partial charge in [0, 0.05) is 32.0 Å². The lowest BCUT2D eigenvalue weighted by Crippen LogP contribution is -2.36. The highest BCUT2D eigenvalue weighted by molar-refractivity contribution is 5.98. The van der Waals surface area contributed by atoms with Gasteiger partial charge in [-0.05, 0) is 31.6 Å². The van der Waals surface area contributed by atoms with Crippen molar-refractivity contribution in [3.8, 4) is 0 Å². The van der Waals surface area contributed by atoms with Crippen molar-refractivity contribution in [3.63, 3.8) is 0 Å². The lowest BCUT2D eigenvalue weighted by molar-refractivity contribution is 0.346. The Morgan fingerprint density at radius 3 is 2.91 bits per heavy atom. The quantitative estimate of drug-likeness (QED) is 0.745. The predicted octanol–water partition coefficient (Wildman–Crippen LogP) is 1.96. The summed E-state index contributed by atoms with van der Waals surface area (Å²) >= 11 is 0. The molecule has 1 fully saturated rings. The van der Waals surface area contributed by atoms with E-state index < -0.39 is 0 Å². The van der Waals surface area contributed by atoms with Crippen molar-refractivity contribution in [3.05, 3.63) is 48.0 Å². The molecule has 0 saturated carbocycles. The van der Waals surface area contributed by atoms with Gasteiger partial charge in [0.1, 0.15) is 0 Å². The highest BCUT2D eigenvalue weighted by Crippen LogP contribution is 2.25. The normalized spacial score (nSPS) is 19.0. The first kappa shape index (κ1) is 13.5. The van der Waals surface area contributed by atoms with Crippen LogP contribution in [0.3, 0.4) is 0 Å². The molecule has 22 heavy (non-hydrogen) atoms.